The van der Waals surface area contributed by atoms with Crippen molar-refractivity contribution in [2.24, 2.45) is 0 Å². The normalized spacial score (nSPS) is 10.1. The minimum atomic E-state index is -0.230. The van der Waals surface area contributed by atoms with Crippen LogP contribution < -0.4 is 20.7 Å². The Morgan fingerprint density at radius 3 is 2.00 bits per heavy atom. The second-order valence-electron chi connectivity index (χ2n) is 6.33. The third-order valence-electron chi connectivity index (χ3n) is 4.29. The van der Waals surface area contributed by atoms with E-state index in [1.807, 2.05) is 42.5 Å². The first-order chi connectivity index (χ1) is 14.1. The molecule has 0 aliphatic rings. The molecular weight excluding hydrogens is 366 g/mol. The molecule has 3 N–H and O–H groups in total. The fourth-order valence-corrected chi connectivity index (χ4v) is 2.70. The van der Waals surface area contributed by atoms with E-state index in [0.29, 0.717) is 29.0 Å². The van der Waals surface area contributed by atoms with Crippen LogP contribution in [-0.4, -0.2) is 18.9 Å². The third-order valence-corrected chi connectivity index (χ3v) is 4.29. The molecule has 0 spiro atoms. The summed E-state index contributed by atoms with van der Waals surface area (Å²) in [5, 5.41) is 8.93. The van der Waals surface area contributed by atoms with Crippen LogP contribution in [0.4, 0.5) is 22.7 Å². The number of amides is 2. The summed E-state index contributed by atoms with van der Waals surface area (Å²) in [5.41, 5.74) is 3.40. The fraction of sp³-hybridized carbons (Fsp3) is 0.130. The number of hydrogen-bond acceptors (Lipinski definition) is 4. The highest BCUT2D eigenvalue weighted by molar-refractivity contribution is 6.08. The van der Waals surface area contributed by atoms with Crippen molar-refractivity contribution in [3.8, 4) is 5.75 Å². The highest BCUT2D eigenvalue weighted by Crippen LogP contribution is 2.24. The molecular formula is C23H23N3O3. The van der Waals surface area contributed by atoms with Gasteiger partial charge in [0, 0.05) is 23.5 Å². The molecule has 0 bridgehead atoms. The average Bonchev–Trinajstić information content (AvgIpc) is 2.76. The van der Waals surface area contributed by atoms with Crippen LogP contribution in [0.2, 0.25) is 0 Å². The molecule has 0 aliphatic carbocycles. The van der Waals surface area contributed by atoms with Crippen molar-refractivity contribution < 1.29 is 14.3 Å². The van der Waals surface area contributed by atoms with E-state index < -0.39 is 0 Å². The van der Waals surface area contributed by atoms with Crippen LogP contribution in [0.1, 0.15) is 23.7 Å². The summed E-state index contributed by atoms with van der Waals surface area (Å²) in [5.74, 6) is 0.479. The van der Waals surface area contributed by atoms with Gasteiger partial charge in [0.05, 0.1) is 18.4 Å². The summed E-state index contributed by atoms with van der Waals surface area (Å²) < 4.78 is 5.17. The molecule has 6 nitrogen and oxygen atoms in total. The van der Waals surface area contributed by atoms with Crippen molar-refractivity contribution in [1.82, 2.24) is 0 Å². The first-order valence-electron chi connectivity index (χ1n) is 9.30. The molecule has 0 aromatic heterocycles. The number of nitrogens with one attached hydrogen (secondary N) is 3. The zero-order chi connectivity index (χ0) is 20.6. The summed E-state index contributed by atoms with van der Waals surface area (Å²) in [6.07, 6.45) is 0.413. The van der Waals surface area contributed by atoms with Crippen LogP contribution in [0.15, 0.2) is 72.8 Å². The van der Waals surface area contributed by atoms with Gasteiger partial charge >= 0.3 is 0 Å². The molecule has 3 aromatic carbocycles. The second-order valence-corrected chi connectivity index (χ2v) is 6.33. The number of methoxy groups -OCH3 is 1. The van der Waals surface area contributed by atoms with E-state index >= 15 is 0 Å². The van der Waals surface area contributed by atoms with Gasteiger partial charge in [0.15, 0.2) is 0 Å². The highest BCUT2D eigenvalue weighted by atomic mass is 16.5. The van der Waals surface area contributed by atoms with Crippen molar-refractivity contribution in [2.45, 2.75) is 13.3 Å². The number of carbonyl (C=O) groups is 2. The van der Waals surface area contributed by atoms with Crippen LogP contribution in [0.5, 0.6) is 5.75 Å². The molecule has 0 atom stereocenters. The monoisotopic (exact) mass is 389 g/mol. The van der Waals surface area contributed by atoms with Gasteiger partial charge in [0.25, 0.3) is 5.91 Å². The molecule has 0 fully saturated rings. The zero-order valence-electron chi connectivity index (χ0n) is 16.4. The van der Waals surface area contributed by atoms with Crippen molar-refractivity contribution >= 4 is 34.6 Å². The molecule has 148 valence electrons. The first-order valence-corrected chi connectivity index (χ1v) is 9.30. The quantitative estimate of drug-likeness (QED) is 0.529. The molecule has 6 heteroatoms. The number of anilines is 4. The highest BCUT2D eigenvalue weighted by Gasteiger charge is 2.12. The summed E-state index contributed by atoms with van der Waals surface area (Å²) in [6.45, 7) is 1.79. The maximum absolute atomic E-state index is 12.8. The summed E-state index contributed by atoms with van der Waals surface area (Å²) in [6, 6.07) is 21.8. The molecule has 0 radical (unpaired) electrons. The molecule has 3 rings (SSSR count). The van der Waals surface area contributed by atoms with Gasteiger partial charge in [-0.25, -0.2) is 0 Å². The second kappa shape index (κ2) is 9.41. The van der Waals surface area contributed by atoms with E-state index in [1.54, 1.807) is 44.4 Å². The van der Waals surface area contributed by atoms with Gasteiger partial charge in [-0.2, -0.15) is 0 Å². The largest absolute Gasteiger partial charge is 0.497 e. The van der Waals surface area contributed by atoms with Crippen LogP contribution in [0, 0.1) is 0 Å². The Hall–Kier alpha value is -3.80. The lowest BCUT2D eigenvalue weighted by Crippen LogP contribution is -2.14. The van der Waals surface area contributed by atoms with Crippen LogP contribution in [-0.2, 0) is 4.79 Å². The molecule has 0 saturated heterocycles. The number of rotatable bonds is 7. The molecule has 2 amide bonds. The van der Waals surface area contributed by atoms with E-state index in [2.05, 4.69) is 16.0 Å². The predicted molar refractivity (Wildman–Crippen MR) is 116 cm³/mol. The third kappa shape index (κ3) is 5.35. The van der Waals surface area contributed by atoms with Gasteiger partial charge in [-0.3, -0.25) is 9.59 Å². The van der Waals surface area contributed by atoms with E-state index in [1.165, 1.54) is 0 Å². The summed E-state index contributed by atoms with van der Waals surface area (Å²) >= 11 is 0. The van der Waals surface area contributed by atoms with Crippen molar-refractivity contribution in [3.05, 3.63) is 78.4 Å². The van der Waals surface area contributed by atoms with E-state index in [0.717, 1.165) is 11.4 Å². The Morgan fingerprint density at radius 1 is 0.793 bits per heavy atom. The summed E-state index contributed by atoms with van der Waals surface area (Å²) in [7, 11) is 1.62. The molecule has 3 aromatic rings. The van der Waals surface area contributed by atoms with Crippen LogP contribution >= 0.6 is 0 Å². The van der Waals surface area contributed by atoms with Gasteiger partial charge in [0.2, 0.25) is 5.91 Å². The fourth-order valence-electron chi connectivity index (χ4n) is 2.70. The lowest BCUT2D eigenvalue weighted by atomic mass is 10.1. The van der Waals surface area contributed by atoms with Crippen molar-refractivity contribution in [3.63, 3.8) is 0 Å². The Labute approximate surface area is 169 Å². The Morgan fingerprint density at radius 2 is 1.38 bits per heavy atom. The van der Waals surface area contributed by atoms with Crippen molar-refractivity contribution in [1.29, 1.82) is 0 Å². The Balaban J connectivity index is 1.71. The van der Waals surface area contributed by atoms with Crippen LogP contribution in [0.3, 0.4) is 0 Å². The number of ether oxygens (including phenoxy) is 1. The number of para-hydroxylation sites is 1. The lowest BCUT2D eigenvalue weighted by molar-refractivity contribution is -0.115. The van der Waals surface area contributed by atoms with E-state index in [9.17, 15) is 9.59 Å². The smallest absolute Gasteiger partial charge is 0.257 e. The van der Waals surface area contributed by atoms with Gasteiger partial charge in [-0.1, -0.05) is 19.1 Å². The SMILES string of the molecule is CCC(=O)Nc1ccc(NC(=O)c2ccccc2Nc2ccc(OC)cc2)cc1. The molecule has 0 saturated carbocycles. The van der Waals surface area contributed by atoms with E-state index in [4.69, 9.17) is 4.74 Å². The topological polar surface area (TPSA) is 79.5 Å². The van der Waals surface area contributed by atoms with Gasteiger partial charge in [0.1, 0.15) is 5.75 Å². The molecule has 0 heterocycles. The van der Waals surface area contributed by atoms with Crippen LogP contribution in [0.25, 0.3) is 0 Å². The maximum atomic E-state index is 12.8. The molecule has 0 unspecified atom stereocenters. The Bertz CT molecular complexity index is 983. The predicted octanol–water partition coefficient (Wildman–Crippen LogP) is 5.04. The Kier molecular flexibility index (Phi) is 6.47. The molecule has 29 heavy (non-hydrogen) atoms. The van der Waals surface area contributed by atoms with Crippen molar-refractivity contribution in [2.75, 3.05) is 23.1 Å². The molecule has 0 aliphatic heterocycles. The zero-order valence-corrected chi connectivity index (χ0v) is 16.4. The number of benzene rings is 3. The number of carbonyl (C=O) groups excluding carboxylic acids is 2. The number of hydrogen-bond donors (Lipinski definition) is 3. The minimum Gasteiger partial charge on any atom is -0.497 e. The maximum Gasteiger partial charge on any atom is 0.257 e. The minimum absolute atomic E-state index is 0.0553. The van der Waals surface area contributed by atoms with E-state index in [-0.39, 0.29) is 11.8 Å². The van der Waals surface area contributed by atoms with Gasteiger partial charge in [-0.15, -0.1) is 0 Å². The average molecular weight is 389 g/mol. The first kappa shape index (κ1) is 19.9. The lowest BCUT2D eigenvalue weighted by Gasteiger charge is -2.13. The van der Waals surface area contributed by atoms with Gasteiger partial charge < -0.3 is 20.7 Å². The summed E-state index contributed by atoms with van der Waals surface area (Å²) in [4.78, 5) is 24.3. The van der Waals surface area contributed by atoms with Gasteiger partial charge in [-0.05, 0) is 60.7 Å². The standard InChI is InChI=1S/C23H23N3O3/c1-3-22(27)25-17-8-10-18(11-9-17)26-23(28)20-6-4-5-7-21(20)24-16-12-14-19(29-2)15-13-16/h4-15,24H,3H2,1-2H3,(H,25,27)(H,26,28).